The lowest BCUT2D eigenvalue weighted by molar-refractivity contribution is -0.138. The summed E-state index contributed by atoms with van der Waals surface area (Å²) in [6.45, 7) is 9.45. The largest absolute Gasteiger partial charge is 0.481 e. The molecule has 2 heterocycles. The van der Waals surface area contributed by atoms with Crippen molar-refractivity contribution in [1.82, 2.24) is 15.1 Å². The normalized spacial score (nSPS) is 31.0. The molecule has 6 nitrogen and oxygen atoms in total. The van der Waals surface area contributed by atoms with Crippen molar-refractivity contribution in [2.45, 2.75) is 70.1 Å². The van der Waals surface area contributed by atoms with E-state index in [1.807, 2.05) is 6.92 Å². The maximum absolute atomic E-state index is 10.9. The highest BCUT2D eigenvalue weighted by Crippen LogP contribution is 2.27. The van der Waals surface area contributed by atoms with Gasteiger partial charge in [-0.1, -0.05) is 0 Å². The fourth-order valence-corrected chi connectivity index (χ4v) is 4.82. The Morgan fingerprint density at radius 2 is 1.73 bits per heavy atom. The van der Waals surface area contributed by atoms with Crippen LogP contribution in [0.4, 0.5) is 0 Å². The quantitative estimate of drug-likeness (QED) is 0.715. The molecule has 150 valence electrons. The van der Waals surface area contributed by atoms with Crippen molar-refractivity contribution in [3.63, 3.8) is 0 Å². The van der Waals surface area contributed by atoms with E-state index in [9.17, 15) is 4.79 Å². The van der Waals surface area contributed by atoms with Gasteiger partial charge in [-0.2, -0.15) is 0 Å². The molecule has 0 amide bonds. The van der Waals surface area contributed by atoms with Crippen LogP contribution in [0.15, 0.2) is 0 Å². The molecule has 26 heavy (non-hydrogen) atoms. The van der Waals surface area contributed by atoms with Gasteiger partial charge in [0, 0.05) is 44.9 Å². The summed E-state index contributed by atoms with van der Waals surface area (Å²) >= 11 is 0. The third-order valence-electron chi connectivity index (χ3n) is 6.63. The summed E-state index contributed by atoms with van der Waals surface area (Å²) in [5.41, 5.74) is 0. The Hall–Kier alpha value is -0.690. The summed E-state index contributed by atoms with van der Waals surface area (Å²) in [7, 11) is 0. The van der Waals surface area contributed by atoms with Crippen LogP contribution in [0, 0.1) is 5.92 Å². The standard InChI is InChI=1S/C20H37N3O3/c1-16(14-20(24)25)22-10-12-23(13-11-22)18-2-4-19(5-3-18)26-15-17-6-8-21-9-7-17/h16-19,21H,2-15H2,1H3,(H,24,25). The first-order valence-corrected chi connectivity index (χ1v) is 10.6. The van der Waals surface area contributed by atoms with Crippen molar-refractivity contribution < 1.29 is 14.6 Å². The van der Waals surface area contributed by atoms with Crippen LogP contribution in [-0.2, 0) is 9.53 Å². The summed E-state index contributed by atoms with van der Waals surface area (Å²) in [6.07, 6.45) is 8.15. The molecule has 1 aliphatic carbocycles. The second-order valence-corrected chi connectivity index (χ2v) is 8.48. The number of rotatable bonds is 7. The Labute approximate surface area is 158 Å². The van der Waals surface area contributed by atoms with Gasteiger partial charge in [0.1, 0.15) is 0 Å². The number of hydrogen-bond acceptors (Lipinski definition) is 5. The highest BCUT2D eigenvalue weighted by Gasteiger charge is 2.30. The molecule has 1 unspecified atom stereocenters. The Morgan fingerprint density at radius 1 is 1.08 bits per heavy atom. The van der Waals surface area contributed by atoms with E-state index < -0.39 is 5.97 Å². The van der Waals surface area contributed by atoms with Gasteiger partial charge in [-0.05, 0) is 64.5 Å². The predicted octanol–water partition coefficient (Wildman–Crippen LogP) is 1.79. The van der Waals surface area contributed by atoms with Crippen molar-refractivity contribution in [2.24, 2.45) is 5.92 Å². The number of carboxylic acids is 1. The van der Waals surface area contributed by atoms with Crippen LogP contribution < -0.4 is 5.32 Å². The van der Waals surface area contributed by atoms with Crippen LogP contribution in [0.5, 0.6) is 0 Å². The number of hydrogen-bond donors (Lipinski definition) is 2. The van der Waals surface area contributed by atoms with E-state index in [0.717, 1.165) is 51.8 Å². The zero-order chi connectivity index (χ0) is 18.4. The number of ether oxygens (including phenoxy) is 1. The zero-order valence-corrected chi connectivity index (χ0v) is 16.4. The third-order valence-corrected chi connectivity index (χ3v) is 6.63. The molecule has 0 aromatic heterocycles. The van der Waals surface area contributed by atoms with E-state index in [2.05, 4.69) is 15.1 Å². The van der Waals surface area contributed by atoms with E-state index in [4.69, 9.17) is 9.84 Å². The van der Waals surface area contributed by atoms with Crippen LogP contribution in [0.2, 0.25) is 0 Å². The van der Waals surface area contributed by atoms with Crippen molar-refractivity contribution in [2.75, 3.05) is 45.9 Å². The number of piperidine rings is 1. The SMILES string of the molecule is CC(CC(=O)O)N1CCN(C2CCC(OCC3CCNCC3)CC2)CC1. The summed E-state index contributed by atoms with van der Waals surface area (Å²) in [5.74, 6) is 0.0672. The van der Waals surface area contributed by atoms with Crippen LogP contribution in [0.1, 0.15) is 51.9 Å². The molecule has 0 spiro atoms. The summed E-state index contributed by atoms with van der Waals surface area (Å²) in [6, 6.07) is 0.847. The number of aliphatic carboxylic acids is 1. The minimum absolute atomic E-state index is 0.147. The average Bonchev–Trinajstić information content (AvgIpc) is 2.67. The molecule has 6 heteroatoms. The number of nitrogens with zero attached hydrogens (tertiary/aromatic N) is 2. The van der Waals surface area contributed by atoms with Crippen LogP contribution >= 0.6 is 0 Å². The second-order valence-electron chi connectivity index (χ2n) is 8.48. The molecule has 1 atom stereocenters. The van der Waals surface area contributed by atoms with Gasteiger partial charge in [-0.15, -0.1) is 0 Å². The molecule has 2 N–H and O–H groups in total. The fourth-order valence-electron chi connectivity index (χ4n) is 4.82. The van der Waals surface area contributed by atoms with Gasteiger partial charge in [-0.3, -0.25) is 14.6 Å². The van der Waals surface area contributed by atoms with Crippen LogP contribution in [0.25, 0.3) is 0 Å². The highest BCUT2D eigenvalue weighted by molar-refractivity contribution is 5.67. The predicted molar refractivity (Wildman–Crippen MR) is 102 cm³/mol. The Kier molecular flexibility index (Phi) is 7.73. The van der Waals surface area contributed by atoms with Gasteiger partial charge in [0.25, 0.3) is 0 Å². The maximum Gasteiger partial charge on any atom is 0.304 e. The molecule has 3 rings (SSSR count). The van der Waals surface area contributed by atoms with E-state index in [1.54, 1.807) is 0 Å². The summed E-state index contributed by atoms with van der Waals surface area (Å²) < 4.78 is 6.23. The number of carbonyl (C=O) groups is 1. The Balaban J connectivity index is 1.32. The molecule has 0 radical (unpaired) electrons. The number of carboxylic acid groups (broad SMARTS) is 1. The van der Waals surface area contributed by atoms with Crippen molar-refractivity contribution >= 4 is 5.97 Å². The number of piperazine rings is 1. The van der Waals surface area contributed by atoms with E-state index in [-0.39, 0.29) is 12.5 Å². The van der Waals surface area contributed by atoms with E-state index in [0.29, 0.717) is 12.1 Å². The third kappa shape index (κ3) is 5.91. The van der Waals surface area contributed by atoms with Crippen molar-refractivity contribution in [1.29, 1.82) is 0 Å². The molecule has 2 aliphatic heterocycles. The van der Waals surface area contributed by atoms with Gasteiger partial charge < -0.3 is 15.2 Å². The lowest BCUT2D eigenvalue weighted by atomic mass is 9.91. The molecule has 0 aromatic rings. The lowest BCUT2D eigenvalue weighted by Gasteiger charge is -2.43. The molecular weight excluding hydrogens is 330 g/mol. The minimum Gasteiger partial charge on any atom is -0.481 e. The first-order chi connectivity index (χ1) is 12.6. The second kappa shape index (κ2) is 10.0. The number of nitrogens with one attached hydrogen (secondary N) is 1. The van der Waals surface area contributed by atoms with E-state index in [1.165, 1.54) is 38.5 Å². The first kappa shape index (κ1) is 20.1. The minimum atomic E-state index is -0.692. The Morgan fingerprint density at radius 3 is 2.35 bits per heavy atom. The maximum atomic E-state index is 10.9. The lowest BCUT2D eigenvalue weighted by Crippen LogP contribution is -2.53. The van der Waals surface area contributed by atoms with Gasteiger partial charge >= 0.3 is 5.97 Å². The van der Waals surface area contributed by atoms with Crippen LogP contribution in [-0.4, -0.2) is 84.9 Å². The van der Waals surface area contributed by atoms with Crippen molar-refractivity contribution in [3.8, 4) is 0 Å². The molecular formula is C20H37N3O3. The fraction of sp³-hybridized carbons (Fsp3) is 0.950. The van der Waals surface area contributed by atoms with Gasteiger partial charge in [0.05, 0.1) is 12.5 Å². The molecule has 0 bridgehead atoms. The smallest absolute Gasteiger partial charge is 0.304 e. The van der Waals surface area contributed by atoms with Gasteiger partial charge in [0.2, 0.25) is 0 Å². The highest BCUT2D eigenvalue weighted by atomic mass is 16.5. The van der Waals surface area contributed by atoms with Gasteiger partial charge in [-0.25, -0.2) is 0 Å². The van der Waals surface area contributed by atoms with Crippen LogP contribution in [0.3, 0.4) is 0 Å². The zero-order valence-electron chi connectivity index (χ0n) is 16.4. The topological polar surface area (TPSA) is 65.0 Å². The van der Waals surface area contributed by atoms with Gasteiger partial charge in [0.15, 0.2) is 0 Å². The average molecular weight is 368 g/mol. The Bertz CT molecular complexity index is 426. The first-order valence-electron chi connectivity index (χ1n) is 10.6. The molecule has 3 aliphatic rings. The summed E-state index contributed by atoms with van der Waals surface area (Å²) in [4.78, 5) is 15.9. The molecule has 2 saturated heterocycles. The monoisotopic (exact) mass is 367 g/mol. The van der Waals surface area contributed by atoms with Crippen molar-refractivity contribution in [3.05, 3.63) is 0 Å². The molecule has 3 fully saturated rings. The molecule has 1 saturated carbocycles. The molecule has 0 aromatic carbocycles. The van der Waals surface area contributed by atoms with E-state index >= 15 is 0 Å². The summed E-state index contributed by atoms with van der Waals surface area (Å²) in [5, 5.41) is 12.4.